The van der Waals surface area contributed by atoms with Crippen LogP contribution in [-0.4, -0.2) is 26.8 Å². The third kappa shape index (κ3) is 6.16. The van der Waals surface area contributed by atoms with Crippen molar-refractivity contribution in [1.29, 1.82) is 0 Å². The number of para-hydroxylation sites is 1. The molecule has 5 aromatic rings. The molecule has 0 spiro atoms. The van der Waals surface area contributed by atoms with E-state index in [1.807, 2.05) is 82.3 Å². The van der Waals surface area contributed by atoms with Gasteiger partial charge in [0.2, 0.25) is 5.91 Å². The fraction of sp³-hybridized carbons (Fsp3) is 0.167. The number of aryl methyl sites for hydroxylation is 1. The van der Waals surface area contributed by atoms with Gasteiger partial charge in [-0.15, -0.1) is 0 Å². The molecule has 214 valence electrons. The number of rotatable bonds is 8. The van der Waals surface area contributed by atoms with Crippen LogP contribution in [0, 0.1) is 0 Å². The number of fused-ring (bicyclic) bond motifs is 5. The zero-order chi connectivity index (χ0) is 29.8. The van der Waals surface area contributed by atoms with Gasteiger partial charge in [0.15, 0.2) is 12.4 Å². The Morgan fingerprint density at radius 2 is 1.47 bits per heavy atom. The van der Waals surface area contributed by atoms with Crippen LogP contribution in [0.3, 0.4) is 0 Å². The van der Waals surface area contributed by atoms with E-state index in [1.54, 1.807) is 0 Å². The largest absolute Gasteiger partial charge is 0.481 e. The molecule has 3 aromatic carbocycles. The van der Waals surface area contributed by atoms with Gasteiger partial charge in [0.25, 0.3) is 0 Å². The molecule has 0 bridgehead atoms. The van der Waals surface area contributed by atoms with E-state index in [-0.39, 0.29) is 12.3 Å². The maximum atomic E-state index is 13.6. The molecule has 1 aliphatic rings. The molecule has 3 heterocycles. The van der Waals surface area contributed by atoms with Crippen molar-refractivity contribution in [3.8, 4) is 28.1 Å². The molecule has 0 unspecified atom stereocenters. The number of hydrogen-bond donors (Lipinski definition) is 1. The lowest BCUT2D eigenvalue weighted by atomic mass is 9.93. The summed E-state index contributed by atoms with van der Waals surface area (Å²) in [6.07, 6.45) is 11.7. The molecular weight excluding hydrogens is 536 g/mol. The van der Waals surface area contributed by atoms with E-state index >= 15 is 0 Å². The van der Waals surface area contributed by atoms with Crippen molar-refractivity contribution in [2.24, 2.45) is 7.05 Å². The predicted octanol–water partition coefficient (Wildman–Crippen LogP) is 6.69. The number of carboxylic acids is 1. The molecule has 0 saturated heterocycles. The van der Waals surface area contributed by atoms with Crippen LogP contribution in [-0.2, 0) is 23.2 Å². The van der Waals surface area contributed by atoms with Crippen molar-refractivity contribution in [2.75, 3.05) is 4.90 Å². The van der Waals surface area contributed by atoms with Gasteiger partial charge in [0, 0.05) is 47.9 Å². The van der Waals surface area contributed by atoms with Crippen molar-refractivity contribution >= 4 is 29.7 Å². The smallest absolute Gasteiger partial charge is 0.303 e. The molecule has 1 amide bonds. The Balaban J connectivity index is 1.34. The second-order valence-corrected chi connectivity index (χ2v) is 10.8. The Kier molecular flexibility index (Phi) is 7.96. The zero-order valence-corrected chi connectivity index (χ0v) is 24.1. The van der Waals surface area contributed by atoms with Gasteiger partial charge in [-0.1, -0.05) is 66.7 Å². The maximum Gasteiger partial charge on any atom is 0.303 e. The van der Waals surface area contributed by atoms with Gasteiger partial charge < -0.3 is 10.0 Å². The topological polar surface area (TPSA) is 79.3 Å². The molecule has 0 fully saturated rings. The lowest BCUT2D eigenvalue weighted by Crippen LogP contribution is -2.31. The van der Waals surface area contributed by atoms with Gasteiger partial charge in [0.05, 0.1) is 17.9 Å². The molecule has 1 aliphatic heterocycles. The number of pyridine rings is 1. The molecule has 0 saturated carbocycles. The highest BCUT2D eigenvalue weighted by molar-refractivity contribution is 6.00. The Bertz CT molecular complexity index is 1800. The van der Waals surface area contributed by atoms with Crippen molar-refractivity contribution in [3.63, 3.8) is 0 Å². The van der Waals surface area contributed by atoms with Crippen molar-refractivity contribution in [3.05, 3.63) is 120 Å². The van der Waals surface area contributed by atoms with Crippen LogP contribution in [0.5, 0.6) is 0 Å². The standard InChI is InChI=1S/C36H32N4O3/c1-38-22-20-27(21-23-38)15-14-26-16-18-29(19-17-26)40-25-32-31-10-4-5-11-33(31)39(34(41)12-6-7-13-35(42)43)24-28-8-2-3-9-30(28)36(32)37-40/h2-5,8-11,14-23,25H,6-7,12-13,24H2,1H3/p+1. The first kappa shape index (κ1) is 27.8. The van der Waals surface area contributed by atoms with E-state index < -0.39 is 5.97 Å². The summed E-state index contributed by atoms with van der Waals surface area (Å²) < 4.78 is 3.92. The third-order valence-electron chi connectivity index (χ3n) is 7.76. The first-order valence-corrected chi connectivity index (χ1v) is 14.5. The molecule has 0 atom stereocenters. The highest BCUT2D eigenvalue weighted by Gasteiger charge is 2.27. The number of benzene rings is 3. The number of nitrogens with zero attached hydrogens (tertiary/aromatic N) is 4. The summed E-state index contributed by atoms with van der Waals surface area (Å²) in [5.74, 6) is -0.855. The normalized spacial score (nSPS) is 12.3. The molecule has 7 heteroatoms. The van der Waals surface area contributed by atoms with Crippen LogP contribution in [0.2, 0.25) is 0 Å². The molecule has 6 rings (SSSR count). The first-order chi connectivity index (χ1) is 21.0. The molecule has 2 aromatic heterocycles. The minimum Gasteiger partial charge on any atom is -0.481 e. The van der Waals surface area contributed by atoms with Gasteiger partial charge >= 0.3 is 5.97 Å². The number of amides is 1. The van der Waals surface area contributed by atoms with E-state index in [4.69, 9.17) is 10.2 Å². The van der Waals surface area contributed by atoms with Crippen LogP contribution < -0.4 is 9.47 Å². The average Bonchev–Trinajstić information content (AvgIpc) is 3.46. The number of carbonyl (C=O) groups is 2. The van der Waals surface area contributed by atoms with Gasteiger partial charge in [0.1, 0.15) is 12.7 Å². The first-order valence-electron chi connectivity index (χ1n) is 14.5. The fourth-order valence-corrected chi connectivity index (χ4v) is 5.45. The van der Waals surface area contributed by atoms with Crippen molar-refractivity contribution in [2.45, 2.75) is 32.2 Å². The summed E-state index contributed by atoms with van der Waals surface area (Å²) in [5, 5.41) is 14.1. The van der Waals surface area contributed by atoms with E-state index in [0.29, 0.717) is 25.8 Å². The minimum absolute atomic E-state index is 0.0171. The number of carbonyl (C=O) groups excluding carboxylic acids is 1. The van der Waals surface area contributed by atoms with Gasteiger partial charge in [-0.25, -0.2) is 9.25 Å². The fourth-order valence-electron chi connectivity index (χ4n) is 5.45. The van der Waals surface area contributed by atoms with E-state index in [1.165, 1.54) is 0 Å². The van der Waals surface area contributed by atoms with Gasteiger partial charge in [-0.2, -0.15) is 5.10 Å². The summed E-state index contributed by atoms with van der Waals surface area (Å²) in [6, 6.07) is 28.5. The molecule has 7 nitrogen and oxygen atoms in total. The molecule has 43 heavy (non-hydrogen) atoms. The maximum absolute atomic E-state index is 13.6. The van der Waals surface area contributed by atoms with Crippen LogP contribution in [0.25, 0.3) is 40.2 Å². The van der Waals surface area contributed by atoms with Crippen LogP contribution in [0.1, 0.15) is 42.4 Å². The summed E-state index contributed by atoms with van der Waals surface area (Å²) >= 11 is 0. The number of aromatic nitrogens is 3. The van der Waals surface area contributed by atoms with Crippen LogP contribution in [0.15, 0.2) is 104 Å². The Hall–Kier alpha value is -5.30. The van der Waals surface area contributed by atoms with E-state index in [2.05, 4.69) is 54.6 Å². The highest BCUT2D eigenvalue weighted by atomic mass is 16.4. The minimum atomic E-state index is -0.838. The lowest BCUT2D eigenvalue weighted by molar-refractivity contribution is -0.671. The lowest BCUT2D eigenvalue weighted by Gasteiger charge is -2.28. The molecule has 0 radical (unpaired) electrons. The van der Waals surface area contributed by atoms with E-state index in [9.17, 15) is 9.59 Å². The second-order valence-electron chi connectivity index (χ2n) is 10.8. The monoisotopic (exact) mass is 569 g/mol. The van der Waals surface area contributed by atoms with Crippen LogP contribution in [0.4, 0.5) is 5.69 Å². The molecule has 1 N–H and O–H groups in total. The number of carboxylic acid groups (broad SMARTS) is 1. The zero-order valence-electron chi connectivity index (χ0n) is 24.1. The summed E-state index contributed by atoms with van der Waals surface area (Å²) in [4.78, 5) is 26.4. The van der Waals surface area contributed by atoms with Gasteiger partial charge in [-0.3, -0.25) is 9.59 Å². The summed E-state index contributed by atoms with van der Waals surface area (Å²) in [5.41, 5.74) is 8.77. The summed E-state index contributed by atoms with van der Waals surface area (Å²) in [6.45, 7) is 0.415. The Labute approximate surface area is 251 Å². The molecule has 0 aliphatic carbocycles. The quantitative estimate of drug-likeness (QED) is 0.167. The Morgan fingerprint density at radius 1 is 0.814 bits per heavy atom. The van der Waals surface area contributed by atoms with Crippen molar-refractivity contribution in [1.82, 2.24) is 9.78 Å². The van der Waals surface area contributed by atoms with Crippen LogP contribution >= 0.6 is 0 Å². The van der Waals surface area contributed by atoms with Gasteiger partial charge in [-0.05, 0) is 47.7 Å². The van der Waals surface area contributed by atoms with Crippen molar-refractivity contribution < 1.29 is 19.3 Å². The number of anilines is 1. The van der Waals surface area contributed by atoms with E-state index in [0.717, 1.165) is 50.4 Å². The average molecular weight is 570 g/mol. The number of hydrogen-bond acceptors (Lipinski definition) is 3. The number of aliphatic carboxylic acids is 1. The predicted molar refractivity (Wildman–Crippen MR) is 168 cm³/mol. The highest BCUT2D eigenvalue weighted by Crippen LogP contribution is 2.42. The SMILES string of the molecule is C[n+]1ccc(/C=C/c2ccc(-n3cc4c(n3)-c3ccccc3CN(C(=O)CCCCC(=O)O)c3ccccc3-4)cc2)cc1. The Morgan fingerprint density at radius 3 is 2.21 bits per heavy atom. The summed E-state index contributed by atoms with van der Waals surface area (Å²) in [7, 11) is 2.00. The number of unbranched alkanes of at least 4 members (excludes halogenated alkanes) is 1. The molecular formula is C36H33N4O3+. The third-order valence-corrected chi connectivity index (χ3v) is 7.76. The second kappa shape index (κ2) is 12.3.